The van der Waals surface area contributed by atoms with Gasteiger partial charge in [0, 0.05) is 43.9 Å². The zero-order chi connectivity index (χ0) is 17.4. The van der Waals surface area contributed by atoms with Gasteiger partial charge in [-0.15, -0.1) is 0 Å². The molecule has 1 aliphatic heterocycles. The first-order chi connectivity index (χ1) is 12.1. The first-order valence-corrected chi connectivity index (χ1v) is 8.21. The molecule has 6 nitrogen and oxygen atoms in total. The SMILES string of the molecule is CC(c1ccc(F)cc1F)N1CCN(c2ncnc3[nH]ncc23)CC1. The average molecular weight is 344 g/mol. The summed E-state index contributed by atoms with van der Waals surface area (Å²) >= 11 is 0. The fourth-order valence-electron chi connectivity index (χ4n) is 3.36. The number of piperazine rings is 1. The van der Waals surface area contributed by atoms with Gasteiger partial charge in [0.05, 0.1) is 11.6 Å². The van der Waals surface area contributed by atoms with Gasteiger partial charge in [-0.25, -0.2) is 18.7 Å². The third-order valence-electron chi connectivity index (χ3n) is 4.80. The van der Waals surface area contributed by atoms with Crippen LogP contribution in [-0.2, 0) is 0 Å². The Bertz CT molecular complexity index is 888. The Morgan fingerprint density at radius 3 is 2.68 bits per heavy atom. The number of rotatable bonds is 3. The summed E-state index contributed by atoms with van der Waals surface area (Å²) in [5, 5.41) is 7.76. The number of hydrogen-bond donors (Lipinski definition) is 1. The van der Waals surface area contributed by atoms with E-state index in [1.807, 2.05) is 6.92 Å². The lowest BCUT2D eigenvalue weighted by molar-refractivity contribution is 0.194. The van der Waals surface area contributed by atoms with Crippen molar-refractivity contribution in [3.05, 3.63) is 47.9 Å². The molecule has 0 spiro atoms. The number of aromatic amines is 1. The van der Waals surface area contributed by atoms with Crippen molar-refractivity contribution >= 4 is 16.9 Å². The highest BCUT2D eigenvalue weighted by molar-refractivity contribution is 5.86. The lowest BCUT2D eigenvalue weighted by atomic mass is 10.1. The molecule has 130 valence electrons. The van der Waals surface area contributed by atoms with E-state index in [0.717, 1.165) is 43.4 Å². The molecule has 0 radical (unpaired) electrons. The van der Waals surface area contributed by atoms with Gasteiger partial charge >= 0.3 is 0 Å². The van der Waals surface area contributed by atoms with Crippen molar-refractivity contribution < 1.29 is 8.78 Å². The topological polar surface area (TPSA) is 60.9 Å². The van der Waals surface area contributed by atoms with Crippen LogP contribution in [-0.4, -0.2) is 51.2 Å². The summed E-state index contributed by atoms with van der Waals surface area (Å²) in [4.78, 5) is 12.9. The minimum atomic E-state index is -0.550. The highest BCUT2D eigenvalue weighted by Crippen LogP contribution is 2.27. The van der Waals surface area contributed by atoms with Crippen LogP contribution in [0.4, 0.5) is 14.6 Å². The van der Waals surface area contributed by atoms with Crippen LogP contribution in [0.25, 0.3) is 11.0 Å². The largest absolute Gasteiger partial charge is 0.353 e. The molecule has 2 aromatic heterocycles. The maximum absolute atomic E-state index is 14.0. The molecule has 1 aromatic carbocycles. The quantitative estimate of drug-likeness (QED) is 0.791. The number of fused-ring (bicyclic) bond motifs is 1. The minimum Gasteiger partial charge on any atom is -0.353 e. The van der Waals surface area contributed by atoms with Gasteiger partial charge in [-0.3, -0.25) is 10.00 Å². The predicted molar refractivity (Wildman–Crippen MR) is 90.2 cm³/mol. The van der Waals surface area contributed by atoms with Gasteiger partial charge in [0.2, 0.25) is 0 Å². The standard InChI is InChI=1S/C17H18F2N6/c1-11(13-3-2-12(18)8-15(13)19)24-4-6-25(7-5-24)17-14-9-22-23-16(14)20-10-21-17/h2-3,8-11H,4-7H2,1H3,(H,20,21,22,23). The molecule has 4 rings (SSSR count). The van der Waals surface area contributed by atoms with Crippen molar-refractivity contribution in [3.8, 4) is 0 Å². The molecule has 1 saturated heterocycles. The highest BCUT2D eigenvalue weighted by Gasteiger charge is 2.25. The summed E-state index contributed by atoms with van der Waals surface area (Å²) in [6.45, 7) is 5.02. The van der Waals surface area contributed by atoms with Gasteiger partial charge < -0.3 is 4.90 Å². The van der Waals surface area contributed by atoms with Crippen molar-refractivity contribution in [2.75, 3.05) is 31.1 Å². The molecule has 0 saturated carbocycles. The number of H-pyrrole nitrogens is 1. The lowest BCUT2D eigenvalue weighted by Crippen LogP contribution is -2.47. The van der Waals surface area contributed by atoms with Crippen molar-refractivity contribution in [2.45, 2.75) is 13.0 Å². The minimum absolute atomic E-state index is 0.109. The van der Waals surface area contributed by atoms with Crippen LogP contribution in [0, 0.1) is 11.6 Å². The van der Waals surface area contributed by atoms with Gasteiger partial charge in [0.25, 0.3) is 0 Å². The molecule has 3 heterocycles. The molecule has 1 N–H and O–H groups in total. The second-order valence-electron chi connectivity index (χ2n) is 6.19. The summed E-state index contributed by atoms with van der Waals surface area (Å²) in [7, 11) is 0. The molecule has 25 heavy (non-hydrogen) atoms. The number of benzene rings is 1. The molecule has 1 fully saturated rings. The molecule has 1 aliphatic rings. The summed E-state index contributed by atoms with van der Waals surface area (Å²) in [6.07, 6.45) is 3.26. The van der Waals surface area contributed by atoms with E-state index in [0.29, 0.717) is 11.2 Å². The second-order valence-corrected chi connectivity index (χ2v) is 6.19. The summed E-state index contributed by atoms with van der Waals surface area (Å²) < 4.78 is 27.1. The van der Waals surface area contributed by atoms with E-state index in [1.54, 1.807) is 6.20 Å². The molecular formula is C17H18F2N6. The van der Waals surface area contributed by atoms with Crippen LogP contribution in [0.3, 0.4) is 0 Å². The lowest BCUT2D eigenvalue weighted by Gasteiger charge is -2.38. The highest BCUT2D eigenvalue weighted by atomic mass is 19.1. The molecule has 0 bridgehead atoms. The van der Waals surface area contributed by atoms with Crippen LogP contribution >= 0.6 is 0 Å². The molecule has 0 amide bonds. The van der Waals surface area contributed by atoms with Gasteiger partial charge in [0.1, 0.15) is 23.8 Å². The first-order valence-electron chi connectivity index (χ1n) is 8.21. The number of nitrogens with one attached hydrogen (secondary N) is 1. The van der Waals surface area contributed by atoms with Crippen LogP contribution in [0.1, 0.15) is 18.5 Å². The number of aromatic nitrogens is 4. The zero-order valence-electron chi connectivity index (χ0n) is 13.8. The second kappa shape index (κ2) is 6.36. The average Bonchev–Trinajstić information content (AvgIpc) is 3.10. The van der Waals surface area contributed by atoms with Crippen molar-refractivity contribution in [2.24, 2.45) is 0 Å². The van der Waals surface area contributed by atoms with Crippen molar-refractivity contribution in [1.82, 2.24) is 25.1 Å². The van der Waals surface area contributed by atoms with Crippen molar-refractivity contribution in [1.29, 1.82) is 0 Å². The third kappa shape index (κ3) is 2.93. The van der Waals surface area contributed by atoms with E-state index in [4.69, 9.17) is 0 Å². The number of hydrogen-bond acceptors (Lipinski definition) is 5. The molecule has 8 heteroatoms. The molecule has 3 aromatic rings. The Morgan fingerprint density at radius 2 is 1.92 bits per heavy atom. The Morgan fingerprint density at radius 1 is 1.12 bits per heavy atom. The zero-order valence-corrected chi connectivity index (χ0v) is 13.8. The Labute approximate surface area is 143 Å². The number of halogens is 2. The van der Waals surface area contributed by atoms with Gasteiger partial charge in [-0.2, -0.15) is 5.10 Å². The Hall–Kier alpha value is -2.61. The third-order valence-corrected chi connectivity index (χ3v) is 4.80. The van der Waals surface area contributed by atoms with Crippen LogP contribution in [0.2, 0.25) is 0 Å². The first kappa shape index (κ1) is 15.9. The van der Waals surface area contributed by atoms with Crippen LogP contribution in [0.5, 0.6) is 0 Å². The molecule has 1 unspecified atom stereocenters. The van der Waals surface area contributed by atoms with Gasteiger partial charge in [-0.05, 0) is 13.0 Å². The van der Waals surface area contributed by atoms with E-state index < -0.39 is 11.6 Å². The Balaban J connectivity index is 1.48. The van der Waals surface area contributed by atoms with Gasteiger partial charge in [-0.1, -0.05) is 6.07 Å². The van der Waals surface area contributed by atoms with E-state index in [9.17, 15) is 8.78 Å². The molecule has 1 atom stereocenters. The monoisotopic (exact) mass is 344 g/mol. The maximum Gasteiger partial charge on any atom is 0.160 e. The fraction of sp³-hybridized carbons (Fsp3) is 0.353. The Kier molecular flexibility index (Phi) is 4.04. The van der Waals surface area contributed by atoms with E-state index >= 15 is 0 Å². The molecule has 0 aliphatic carbocycles. The van der Waals surface area contributed by atoms with Crippen molar-refractivity contribution in [3.63, 3.8) is 0 Å². The number of nitrogens with zero attached hydrogens (tertiary/aromatic N) is 5. The summed E-state index contributed by atoms with van der Waals surface area (Å²) in [6, 6.07) is 3.67. The number of anilines is 1. The van der Waals surface area contributed by atoms with Crippen LogP contribution < -0.4 is 4.90 Å². The summed E-state index contributed by atoms with van der Waals surface area (Å²) in [5.41, 5.74) is 1.24. The molecular weight excluding hydrogens is 326 g/mol. The van der Waals surface area contributed by atoms with E-state index in [-0.39, 0.29) is 6.04 Å². The smallest absolute Gasteiger partial charge is 0.160 e. The normalized spacial score (nSPS) is 17.2. The van der Waals surface area contributed by atoms with Crippen LogP contribution in [0.15, 0.2) is 30.7 Å². The fourth-order valence-corrected chi connectivity index (χ4v) is 3.36. The predicted octanol–water partition coefficient (Wildman–Crippen LogP) is 2.51. The maximum atomic E-state index is 14.0. The van der Waals surface area contributed by atoms with Gasteiger partial charge in [0.15, 0.2) is 5.65 Å². The summed E-state index contributed by atoms with van der Waals surface area (Å²) in [5.74, 6) is -0.184. The van der Waals surface area contributed by atoms with E-state index in [2.05, 4.69) is 30.0 Å². The van der Waals surface area contributed by atoms with E-state index in [1.165, 1.54) is 18.5 Å².